The number of hydrogen-bond donors (Lipinski definition) is 4. The topological polar surface area (TPSA) is 224 Å². The van der Waals surface area contributed by atoms with Crippen molar-refractivity contribution in [3.05, 3.63) is 41.7 Å². The molecule has 19 heteroatoms. The molecule has 4 aliphatic rings. The van der Waals surface area contributed by atoms with Crippen molar-refractivity contribution >= 4 is 69.2 Å². The molecule has 16 nitrogen and oxygen atoms in total. The molecule has 0 radical (unpaired) electrons. The van der Waals surface area contributed by atoms with Crippen LogP contribution in [-0.4, -0.2) is 122 Å². The molecule has 0 aliphatic carbocycles. The maximum absolute atomic E-state index is 13.0. The molecule has 0 aromatic heterocycles. The number of nitrogens with zero attached hydrogens (tertiary/aromatic N) is 2. The quantitative estimate of drug-likeness (QED) is 0.0906. The molecule has 6 atom stereocenters. The lowest BCUT2D eigenvalue weighted by molar-refractivity contribution is -0.164. The minimum Gasteiger partial charge on any atom is -0.508 e. The summed E-state index contributed by atoms with van der Waals surface area (Å²) in [4.78, 5) is 76.3. The van der Waals surface area contributed by atoms with Gasteiger partial charge < -0.3 is 45.1 Å². The number of rotatable bonds is 14. The molecule has 260 valence electrons. The Balaban J connectivity index is 0.953. The number of carboxylic acid groups (broad SMARTS) is 1. The van der Waals surface area contributed by atoms with Gasteiger partial charge in [0.1, 0.15) is 54.8 Å². The van der Waals surface area contributed by atoms with Gasteiger partial charge in [-0.15, -0.1) is 11.8 Å². The number of thioether (sulfide) groups is 1. The second-order valence-corrected chi connectivity index (χ2v) is 15.9. The second-order valence-electron chi connectivity index (χ2n) is 11.5. The molecule has 0 bridgehead atoms. The van der Waals surface area contributed by atoms with Crippen molar-refractivity contribution in [3.63, 3.8) is 0 Å². The van der Waals surface area contributed by atoms with Crippen LogP contribution in [0.3, 0.4) is 0 Å². The van der Waals surface area contributed by atoms with E-state index in [2.05, 4.69) is 5.32 Å². The van der Waals surface area contributed by atoms with Crippen LogP contribution in [0.4, 0.5) is 4.79 Å². The smallest absolute Gasteiger partial charge is 0.508 e. The largest absolute Gasteiger partial charge is 0.508 e. The summed E-state index contributed by atoms with van der Waals surface area (Å²) in [6.45, 7) is 3.51. The zero-order valence-corrected chi connectivity index (χ0v) is 28.2. The molecule has 1 aromatic rings. The second kappa shape index (κ2) is 14.8. The van der Waals surface area contributed by atoms with E-state index < -0.39 is 70.4 Å². The first-order chi connectivity index (χ1) is 22.8. The summed E-state index contributed by atoms with van der Waals surface area (Å²) in [5, 5.41) is 21.0. The van der Waals surface area contributed by atoms with Crippen LogP contribution in [0.2, 0.25) is 0 Å². The monoisotopic (exact) mass is 726 g/mol. The number of nitrogens with one attached hydrogen (secondary N) is 1. The number of carbonyl (C=O) groups is 6. The molecule has 0 saturated carbocycles. The van der Waals surface area contributed by atoms with Crippen molar-refractivity contribution in [1.82, 2.24) is 15.1 Å². The molecule has 48 heavy (non-hydrogen) atoms. The van der Waals surface area contributed by atoms with E-state index in [9.17, 15) is 39.0 Å². The highest BCUT2D eigenvalue weighted by Gasteiger charge is 2.64. The first-order valence-electron chi connectivity index (χ1n) is 14.8. The average Bonchev–Trinajstić information content (AvgIpc) is 3.48. The maximum atomic E-state index is 13.0. The summed E-state index contributed by atoms with van der Waals surface area (Å²) in [5.74, 6) is -2.14. The fourth-order valence-corrected chi connectivity index (χ4v) is 8.81. The lowest BCUT2D eigenvalue weighted by atomic mass is 9.95. The highest BCUT2D eigenvalue weighted by Crippen LogP contribution is 2.51. The van der Waals surface area contributed by atoms with E-state index in [0.717, 1.165) is 4.90 Å². The van der Waals surface area contributed by atoms with Crippen LogP contribution in [0.15, 0.2) is 36.1 Å². The van der Waals surface area contributed by atoms with Gasteiger partial charge in [0.2, 0.25) is 17.7 Å². The number of aliphatic carboxylic acids is 1. The number of carboxylic acids is 1. The van der Waals surface area contributed by atoms with Crippen LogP contribution in [0.1, 0.15) is 31.9 Å². The van der Waals surface area contributed by atoms with Crippen LogP contribution in [-0.2, 0) is 42.9 Å². The molecule has 5 N–H and O–H groups in total. The lowest BCUT2D eigenvalue weighted by Gasteiger charge is -2.44. The van der Waals surface area contributed by atoms with Gasteiger partial charge in [0.15, 0.2) is 12.3 Å². The Morgan fingerprint density at radius 3 is 2.42 bits per heavy atom. The van der Waals surface area contributed by atoms with E-state index in [-0.39, 0.29) is 43.7 Å². The number of carbonyl (C=O) groups excluding carboxylic acids is 5. The number of benzene rings is 1. The lowest BCUT2D eigenvalue weighted by Crippen LogP contribution is -2.71. The zero-order chi connectivity index (χ0) is 34.7. The molecule has 4 fully saturated rings. The Morgan fingerprint density at radius 2 is 1.77 bits per heavy atom. The normalized spacial score (nSPS) is 26.4. The molecular formula is C29H34N4O12S3. The Kier molecular flexibility index (Phi) is 10.9. The van der Waals surface area contributed by atoms with Crippen molar-refractivity contribution in [3.8, 4) is 5.75 Å². The van der Waals surface area contributed by atoms with E-state index in [4.69, 9.17) is 24.7 Å². The number of phenols is 1. The van der Waals surface area contributed by atoms with Crippen LogP contribution < -0.4 is 11.1 Å². The SMILES string of the molecule is CC1(C)S[C@@H]2[C@H](NC(=O)C(N)c3ccc(O)cc3)C(=O)N2C1C(=O)OCCSSCCOC(=O)OC/C=C1/O[C@H]2CC(=O)N2[C@@H]1C(=O)O. The summed E-state index contributed by atoms with van der Waals surface area (Å²) in [5.41, 5.74) is 6.52. The van der Waals surface area contributed by atoms with E-state index >= 15 is 0 Å². The summed E-state index contributed by atoms with van der Waals surface area (Å²) in [6, 6.07) is 1.93. The van der Waals surface area contributed by atoms with Gasteiger partial charge in [0.25, 0.3) is 0 Å². The number of hydrogen-bond acceptors (Lipinski definition) is 15. The molecule has 3 amide bonds. The molecule has 0 spiro atoms. The number of phenolic OH excluding ortho intramolecular Hbond substituents is 1. The Morgan fingerprint density at radius 1 is 1.10 bits per heavy atom. The minimum absolute atomic E-state index is 0.0337. The number of ether oxygens (including phenoxy) is 4. The molecule has 2 unspecified atom stereocenters. The summed E-state index contributed by atoms with van der Waals surface area (Å²) in [6.07, 6.45) is -0.176. The van der Waals surface area contributed by atoms with Crippen LogP contribution >= 0.6 is 33.3 Å². The van der Waals surface area contributed by atoms with Gasteiger partial charge in [-0.2, -0.15) is 0 Å². The van der Waals surface area contributed by atoms with Gasteiger partial charge in [-0.05, 0) is 37.6 Å². The number of fused-ring (bicyclic) bond motifs is 2. The first-order valence-corrected chi connectivity index (χ1v) is 18.1. The van der Waals surface area contributed by atoms with E-state index in [1.165, 1.54) is 68.6 Å². The number of nitrogens with two attached hydrogens (primary N) is 1. The Hall–Kier alpha value is -3.81. The van der Waals surface area contributed by atoms with E-state index in [1.54, 1.807) is 0 Å². The Bertz CT molecular complexity index is 1490. The fraction of sp³-hybridized carbons (Fsp3) is 0.517. The van der Waals surface area contributed by atoms with E-state index in [0.29, 0.717) is 17.1 Å². The standard InChI is InChI=1S/C29H34N4O12S3/c1-29(2)22(33-24(37)20(25(33)48-29)31-23(36)19(30)14-3-5-15(34)6-4-14)27(40)42-9-11-46-47-12-10-44-28(41)43-8-7-16-21(26(38)39)32-17(35)13-18(32)45-16/h3-7,18-22,25,34H,8-13,30H2,1-2H3,(H,31,36)(H,38,39)/b16-7+/t18-,19?,20+,21-,22?,25+/m0/s1. The molecular weight excluding hydrogens is 693 g/mol. The fourth-order valence-electron chi connectivity index (χ4n) is 5.54. The van der Waals surface area contributed by atoms with Gasteiger partial charge in [-0.25, -0.2) is 14.4 Å². The van der Waals surface area contributed by atoms with Gasteiger partial charge >= 0.3 is 18.1 Å². The van der Waals surface area contributed by atoms with Crippen molar-refractivity contribution in [1.29, 1.82) is 0 Å². The summed E-state index contributed by atoms with van der Waals surface area (Å²) >= 11 is 1.40. The highest BCUT2D eigenvalue weighted by atomic mass is 33.1. The van der Waals surface area contributed by atoms with Crippen LogP contribution in [0, 0.1) is 0 Å². The van der Waals surface area contributed by atoms with Crippen molar-refractivity contribution in [2.75, 3.05) is 31.3 Å². The minimum atomic E-state index is -1.24. The highest BCUT2D eigenvalue weighted by molar-refractivity contribution is 8.76. The molecule has 4 aliphatic heterocycles. The number of β-lactam (4-membered cyclic amide) rings is 2. The molecule has 1 aromatic carbocycles. The predicted molar refractivity (Wildman–Crippen MR) is 172 cm³/mol. The van der Waals surface area contributed by atoms with Crippen molar-refractivity contribution in [2.24, 2.45) is 5.73 Å². The third-order valence-electron chi connectivity index (χ3n) is 7.86. The zero-order valence-electron chi connectivity index (χ0n) is 25.8. The first kappa shape index (κ1) is 35.5. The van der Waals surface area contributed by atoms with Crippen LogP contribution in [0.25, 0.3) is 0 Å². The third kappa shape index (κ3) is 7.42. The van der Waals surface area contributed by atoms with Gasteiger partial charge in [-0.3, -0.25) is 19.3 Å². The van der Waals surface area contributed by atoms with Gasteiger partial charge in [0.05, 0.1) is 6.42 Å². The Labute approximate surface area is 286 Å². The summed E-state index contributed by atoms with van der Waals surface area (Å²) < 4.78 is 20.1. The maximum Gasteiger partial charge on any atom is 0.508 e. The van der Waals surface area contributed by atoms with Crippen molar-refractivity contribution < 1.29 is 57.9 Å². The molecule has 4 heterocycles. The average molecular weight is 727 g/mol. The number of amides is 3. The van der Waals surface area contributed by atoms with E-state index in [1.807, 2.05) is 13.8 Å². The van der Waals surface area contributed by atoms with Gasteiger partial charge in [0, 0.05) is 16.3 Å². The van der Waals surface area contributed by atoms with Crippen LogP contribution in [0.5, 0.6) is 5.75 Å². The number of aromatic hydroxyl groups is 1. The van der Waals surface area contributed by atoms with Gasteiger partial charge in [-0.1, -0.05) is 33.7 Å². The summed E-state index contributed by atoms with van der Waals surface area (Å²) in [7, 11) is 2.77. The predicted octanol–water partition coefficient (Wildman–Crippen LogP) is 0.943. The molecule has 4 saturated heterocycles. The third-order valence-corrected chi connectivity index (χ3v) is 11.8. The van der Waals surface area contributed by atoms with Crippen molar-refractivity contribution in [2.45, 2.75) is 60.8 Å². The molecule has 5 rings (SSSR count). The number of esters is 1.